The van der Waals surface area contributed by atoms with Gasteiger partial charge in [0, 0.05) is 0 Å². The number of benzene rings is 1. The summed E-state index contributed by atoms with van der Waals surface area (Å²) in [6.45, 7) is 1.25. The van der Waals surface area contributed by atoms with Crippen LogP contribution in [0.3, 0.4) is 0 Å². The smallest absolute Gasteiger partial charge is 0.387 e. The molecule has 19 heavy (non-hydrogen) atoms. The molecule has 0 aliphatic carbocycles. The number of carbonyl (C=O) groups excluding carboxylic acids is 1. The minimum atomic E-state index is -2.90. The maximum atomic E-state index is 12.2. The number of halogens is 2. The summed E-state index contributed by atoms with van der Waals surface area (Å²) in [7, 11) is 0. The fourth-order valence-electron chi connectivity index (χ4n) is 1.69. The first kappa shape index (κ1) is 15.4. The molecule has 1 aromatic carbocycles. The number of hydrogen-bond acceptors (Lipinski definition) is 3. The highest BCUT2D eigenvalue weighted by Crippen LogP contribution is 2.25. The molecule has 0 heterocycles. The van der Waals surface area contributed by atoms with E-state index in [0.717, 1.165) is 6.42 Å². The highest BCUT2D eigenvalue weighted by molar-refractivity contribution is 5.85. The highest BCUT2D eigenvalue weighted by Gasteiger charge is 2.32. The SMILES string of the molecule is CCCNC(C)(C(N)=O)c1cccc(OC(F)F)c1. The average Bonchev–Trinajstić information content (AvgIpc) is 2.35. The van der Waals surface area contributed by atoms with Crippen molar-refractivity contribution < 1.29 is 18.3 Å². The lowest BCUT2D eigenvalue weighted by molar-refractivity contribution is -0.124. The van der Waals surface area contributed by atoms with Gasteiger partial charge in [-0.05, 0) is 37.6 Å². The van der Waals surface area contributed by atoms with Crippen molar-refractivity contribution in [3.63, 3.8) is 0 Å². The largest absolute Gasteiger partial charge is 0.435 e. The van der Waals surface area contributed by atoms with Crippen molar-refractivity contribution in [1.82, 2.24) is 5.32 Å². The minimum Gasteiger partial charge on any atom is -0.435 e. The third-order valence-electron chi connectivity index (χ3n) is 2.86. The third-order valence-corrected chi connectivity index (χ3v) is 2.86. The molecule has 0 saturated carbocycles. The molecular weight excluding hydrogens is 254 g/mol. The molecule has 0 aliphatic rings. The van der Waals surface area contributed by atoms with E-state index in [2.05, 4.69) is 10.1 Å². The van der Waals surface area contributed by atoms with Crippen LogP contribution in [0.5, 0.6) is 5.75 Å². The van der Waals surface area contributed by atoms with E-state index in [-0.39, 0.29) is 5.75 Å². The van der Waals surface area contributed by atoms with E-state index >= 15 is 0 Å². The first-order valence-corrected chi connectivity index (χ1v) is 6.00. The number of carbonyl (C=O) groups is 1. The molecule has 106 valence electrons. The van der Waals surface area contributed by atoms with Gasteiger partial charge in [0.2, 0.25) is 5.91 Å². The summed E-state index contributed by atoms with van der Waals surface area (Å²) in [4.78, 5) is 11.6. The number of amides is 1. The van der Waals surface area contributed by atoms with Crippen LogP contribution in [0, 0.1) is 0 Å². The number of rotatable bonds is 7. The fraction of sp³-hybridized carbons (Fsp3) is 0.462. The van der Waals surface area contributed by atoms with Crippen LogP contribution in [0.25, 0.3) is 0 Å². The first-order chi connectivity index (χ1) is 8.90. The molecule has 1 aromatic rings. The van der Waals surface area contributed by atoms with Crippen LogP contribution in [0.1, 0.15) is 25.8 Å². The molecule has 1 rings (SSSR count). The monoisotopic (exact) mass is 272 g/mol. The van der Waals surface area contributed by atoms with Crippen molar-refractivity contribution in [3.05, 3.63) is 29.8 Å². The second-order valence-corrected chi connectivity index (χ2v) is 4.32. The van der Waals surface area contributed by atoms with Crippen LogP contribution in [0.2, 0.25) is 0 Å². The Hall–Kier alpha value is -1.69. The number of alkyl halides is 2. The van der Waals surface area contributed by atoms with E-state index in [1.54, 1.807) is 19.1 Å². The Morgan fingerprint density at radius 2 is 2.21 bits per heavy atom. The van der Waals surface area contributed by atoms with E-state index in [4.69, 9.17) is 5.73 Å². The summed E-state index contributed by atoms with van der Waals surface area (Å²) in [6, 6.07) is 5.98. The second kappa shape index (κ2) is 6.47. The molecule has 0 bridgehead atoms. The van der Waals surface area contributed by atoms with Gasteiger partial charge in [0.25, 0.3) is 0 Å². The topological polar surface area (TPSA) is 64.3 Å². The van der Waals surface area contributed by atoms with Gasteiger partial charge >= 0.3 is 6.61 Å². The van der Waals surface area contributed by atoms with Crippen LogP contribution in [0.15, 0.2) is 24.3 Å². The summed E-state index contributed by atoms with van der Waals surface area (Å²) < 4.78 is 28.7. The van der Waals surface area contributed by atoms with Crippen molar-refractivity contribution >= 4 is 5.91 Å². The lowest BCUT2D eigenvalue weighted by Gasteiger charge is -2.28. The van der Waals surface area contributed by atoms with Gasteiger partial charge in [0.05, 0.1) is 0 Å². The molecule has 0 saturated heterocycles. The summed E-state index contributed by atoms with van der Waals surface area (Å²) in [5.74, 6) is -0.576. The normalized spacial score (nSPS) is 14.2. The Morgan fingerprint density at radius 1 is 1.53 bits per heavy atom. The van der Waals surface area contributed by atoms with Gasteiger partial charge in [-0.15, -0.1) is 0 Å². The summed E-state index contributed by atoms with van der Waals surface area (Å²) in [6.07, 6.45) is 0.816. The predicted molar refractivity (Wildman–Crippen MR) is 67.9 cm³/mol. The summed E-state index contributed by atoms with van der Waals surface area (Å²) in [5, 5.41) is 3.02. The van der Waals surface area contributed by atoms with Gasteiger partial charge < -0.3 is 10.5 Å². The number of hydrogen-bond donors (Lipinski definition) is 2. The maximum absolute atomic E-state index is 12.2. The summed E-state index contributed by atoms with van der Waals surface area (Å²) >= 11 is 0. The molecule has 1 atom stereocenters. The Kier molecular flexibility index (Phi) is 5.23. The standard InChI is InChI=1S/C13H18F2N2O2/c1-3-7-17-13(2,11(16)18)9-5-4-6-10(8-9)19-12(14)15/h4-6,8,12,17H,3,7H2,1-2H3,(H2,16,18). The molecule has 1 amide bonds. The Labute approximate surface area is 110 Å². The van der Waals surface area contributed by atoms with Gasteiger partial charge in [-0.1, -0.05) is 19.1 Å². The fourth-order valence-corrected chi connectivity index (χ4v) is 1.69. The third kappa shape index (κ3) is 3.89. The molecule has 6 heteroatoms. The van der Waals surface area contributed by atoms with Crippen molar-refractivity contribution in [3.8, 4) is 5.75 Å². The molecule has 4 nitrogen and oxygen atoms in total. The zero-order valence-electron chi connectivity index (χ0n) is 11.0. The van der Waals surface area contributed by atoms with Crippen LogP contribution in [0.4, 0.5) is 8.78 Å². The number of ether oxygens (including phenoxy) is 1. The van der Waals surface area contributed by atoms with Crippen LogP contribution in [-0.2, 0) is 10.3 Å². The van der Waals surface area contributed by atoms with Gasteiger partial charge in [-0.3, -0.25) is 10.1 Å². The van der Waals surface area contributed by atoms with Crippen molar-refractivity contribution in [2.24, 2.45) is 5.73 Å². The zero-order chi connectivity index (χ0) is 14.5. The van der Waals surface area contributed by atoms with Crippen LogP contribution < -0.4 is 15.8 Å². The van der Waals surface area contributed by atoms with E-state index in [1.165, 1.54) is 12.1 Å². The number of nitrogens with one attached hydrogen (secondary N) is 1. The van der Waals surface area contributed by atoms with Crippen LogP contribution in [-0.4, -0.2) is 19.1 Å². The number of primary amides is 1. The Bertz CT molecular complexity index is 440. The zero-order valence-corrected chi connectivity index (χ0v) is 11.0. The van der Waals surface area contributed by atoms with Crippen molar-refractivity contribution in [1.29, 1.82) is 0 Å². The molecular formula is C13H18F2N2O2. The van der Waals surface area contributed by atoms with Crippen molar-refractivity contribution in [2.45, 2.75) is 32.4 Å². The first-order valence-electron chi connectivity index (χ1n) is 6.00. The highest BCUT2D eigenvalue weighted by atomic mass is 19.3. The lowest BCUT2D eigenvalue weighted by atomic mass is 9.91. The van der Waals surface area contributed by atoms with Crippen molar-refractivity contribution in [2.75, 3.05) is 6.54 Å². The molecule has 3 N–H and O–H groups in total. The van der Waals surface area contributed by atoms with Gasteiger partial charge in [-0.2, -0.15) is 8.78 Å². The molecule has 0 aromatic heterocycles. The van der Waals surface area contributed by atoms with E-state index in [0.29, 0.717) is 12.1 Å². The quantitative estimate of drug-likeness (QED) is 0.797. The average molecular weight is 272 g/mol. The molecule has 0 spiro atoms. The van der Waals surface area contributed by atoms with Gasteiger partial charge in [0.15, 0.2) is 0 Å². The predicted octanol–water partition coefficient (Wildman–Crippen LogP) is 1.99. The maximum Gasteiger partial charge on any atom is 0.387 e. The minimum absolute atomic E-state index is 0.00160. The Morgan fingerprint density at radius 3 is 2.74 bits per heavy atom. The lowest BCUT2D eigenvalue weighted by Crippen LogP contribution is -2.50. The van der Waals surface area contributed by atoms with Gasteiger partial charge in [-0.25, -0.2) is 0 Å². The van der Waals surface area contributed by atoms with Crippen LogP contribution >= 0.6 is 0 Å². The number of nitrogens with two attached hydrogens (primary N) is 1. The molecule has 1 unspecified atom stereocenters. The van der Waals surface area contributed by atoms with Gasteiger partial charge in [0.1, 0.15) is 11.3 Å². The molecule has 0 aliphatic heterocycles. The van der Waals surface area contributed by atoms with E-state index < -0.39 is 18.1 Å². The summed E-state index contributed by atoms with van der Waals surface area (Å²) in [5.41, 5.74) is 4.78. The second-order valence-electron chi connectivity index (χ2n) is 4.32. The molecule has 0 fully saturated rings. The van der Waals surface area contributed by atoms with E-state index in [9.17, 15) is 13.6 Å². The Balaban J connectivity index is 3.05. The van der Waals surface area contributed by atoms with E-state index in [1.807, 2.05) is 6.92 Å². The molecule has 0 radical (unpaired) electrons.